The Morgan fingerprint density at radius 2 is 1.95 bits per heavy atom. The third-order valence-electron chi connectivity index (χ3n) is 2.98. The molecule has 0 radical (unpaired) electrons. The van der Waals surface area contributed by atoms with Gasteiger partial charge < -0.3 is 10.1 Å². The molecule has 2 aromatic rings. The van der Waals surface area contributed by atoms with Crippen LogP contribution in [0.5, 0.6) is 5.75 Å². The molecule has 20 heavy (non-hydrogen) atoms. The molecule has 3 nitrogen and oxygen atoms in total. The van der Waals surface area contributed by atoms with Crippen molar-refractivity contribution in [2.45, 2.75) is 13.5 Å². The van der Waals surface area contributed by atoms with Crippen LogP contribution < -0.4 is 10.1 Å². The lowest BCUT2D eigenvalue weighted by atomic mass is 10.1. The summed E-state index contributed by atoms with van der Waals surface area (Å²) in [5, 5.41) is 12.6. The molecule has 0 amide bonds. The maximum absolute atomic E-state index is 8.45. The van der Waals surface area contributed by atoms with Gasteiger partial charge >= 0.3 is 0 Å². The lowest BCUT2D eigenvalue weighted by molar-refractivity contribution is 0.368. The predicted octanol–water partition coefficient (Wildman–Crippen LogP) is 4.16. The molecule has 2 rings (SSSR count). The zero-order valence-electron chi connectivity index (χ0n) is 11.2. The predicted molar refractivity (Wildman–Crippen MR) is 81.1 cm³/mol. The number of rotatable bonds is 5. The number of halogens is 1. The standard InChI is InChI=1S/C16H15ClN2O/c1-12-15(17)3-2-4-16(12)19-11-13-5-7-14(8-6-13)20-10-9-18/h2-8,19H,10-11H2,1H3. The topological polar surface area (TPSA) is 45.0 Å². The summed E-state index contributed by atoms with van der Waals surface area (Å²) in [6.07, 6.45) is 0. The van der Waals surface area contributed by atoms with Gasteiger partial charge in [-0.25, -0.2) is 0 Å². The molecule has 0 spiro atoms. The van der Waals surface area contributed by atoms with Gasteiger partial charge in [-0.2, -0.15) is 5.26 Å². The molecular formula is C16H15ClN2O. The highest BCUT2D eigenvalue weighted by Gasteiger charge is 2.02. The first-order valence-electron chi connectivity index (χ1n) is 6.28. The second-order valence-corrected chi connectivity index (χ2v) is 4.76. The number of nitrogens with one attached hydrogen (secondary N) is 1. The molecule has 0 atom stereocenters. The number of nitrogens with zero attached hydrogens (tertiary/aromatic N) is 1. The first-order chi connectivity index (χ1) is 9.70. The van der Waals surface area contributed by atoms with Crippen molar-refractivity contribution in [2.24, 2.45) is 0 Å². The number of ether oxygens (including phenoxy) is 1. The highest BCUT2D eigenvalue weighted by atomic mass is 35.5. The van der Waals surface area contributed by atoms with E-state index in [9.17, 15) is 0 Å². The third-order valence-corrected chi connectivity index (χ3v) is 3.39. The minimum Gasteiger partial charge on any atom is -0.479 e. The van der Waals surface area contributed by atoms with E-state index in [4.69, 9.17) is 21.6 Å². The molecule has 0 unspecified atom stereocenters. The molecule has 0 saturated heterocycles. The van der Waals surface area contributed by atoms with Gasteiger partial charge in [0, 0.05) is 17.3 Å². The Kier molecular flexibility index (Phi) is 4.86. The van der Waals surface area contributed by atoms with Crippen LogP contribution >= 0.6 is 11.6 Å². The van der Waals surface area contributed by atoms with Crippen molar-refractivity contribution < 1.29 is 4.74 Å². The fourth-order valence-corrected chi connectivity index (χ4v) is 1.99. The Labute approximate surface area is 123 Å². The van der Waals surface area contributed by atoms with Crippen molar-refractivity contribution in [1.82, 2.24) is 0 Å². The van der Waals surface area contributed by atoms with Gasteiger partial charge in [0.05, 0.1) is 0 Å². The van der Waals surface area contributed by atoms with E-state index in [1.807, 2.05) is 55.5 Å². The van der Waals surface area contributed by atoms with Crippen molar-refractivity contribution >= 4 is 17.3 Å². The van der Waals surface area contributed by atoms with Crippen LogP contribution in [0.4, 0.5) is 5.69 Å². The number of hydrogen-bond donors (Lipinski definition) is 1. The average Bonchev–Trinajstić information content (AvgIpc) is 2.48. The number of nitriles is 1. The smallest absolute Gasteiger partial charge is 0.174 e. The second kappa shape index (κ2) is 6.83. The quantitative estimate of drug-likeness (QED) is 0.897. The lowest BCUT2D eigenvalue weighted by Crippen LogP contribution is -2.01. The molecule has 4 heteroatoms. The lowest BCUT2D eigenvalue weighted by Gasteiger charge is -2.11. The molecule has 0 heterocycles. The summed E-state index contributed by atoms with van der Waals surface area (Å²) in [4.78, 5) is 0. The molecule has 0 aromatic heterocycles. The highest BCUT2D eigenvalue weighted by molar-refractivity contribution is 6.31. The van der Waals surface area contributed by atoms with Gasteiger partial charge in [-0.15, -0.1) is 0 Å². The Balaban J connectivity index is 1.97. The van der Waals surface area contributed by atoms with E-state index in [1.165, 1.54) is 0 Å². The molecule has 0 saturated carbocycles. The third kappa shape index (κ3) is 3.66. The summed E-state index contributed by atoms with van der Waals surface area (Å²) >= 11 is 6.08. The van der Waals surface area contributed by atoms with E-state index in [0.29, 0.717) is 12.3 Å². The molecule has 0 aliphatic carbocycles. The van der Waals surface area contributed by atoms with Crippen molar-refractivity contribution in [2.75, 3.05) is 11.9 Å². The summed E-state index contributed by atoms with van der Waals surface area (Å²) < 4.78 is 5.21. The Morgan fingerprint density at radius 3 is 2.65 bits per heavy atom. The van der Waals surface area contributed by atoms with Crippen LogP contribution in [0.2, 0.25) is 5.02 Å². The molecule has 2 aromatic carbocycles. The fourth-order valence-electron chi connectivity index (χ4n) is 1.82. The van der Waals surface area contributed by atoms with Crippen LogP contribution in [0, 0.1) is 18.3 Å². The van der Waals surface area contributed by atoms with E-state index in [1.54, 1.807) is 0 Å². The van der Waals surface area contributed by atoms with Crippen molar-refractivity contribution in [3.05, 3.63) is 58.6 Å². The molecule has 0 aliphatic rings. The molecule has 0 aliphatic heterocycles. The average molecular weight is 287 g/mol. The summed E-state index contributed by atoms with van der Waals surface area (Å²) in [5.41, 5.74) is 3.21. The molecule has 0 fully saturated rings. The maximum atomic E-state index is 8.45. The van der Waals surface area contributed by atoms with E-state index >= 15 is 0 Å². The van der Waals surface area contributed by atoms with Crippen LogP contribution in [0.1, 0.15) is 11.1 Å². The molecular weight excluding hydrogens is 272 g/mol. The monoisotopic (exact) mass is 286 g/mol. The zero-order valence-corrected chi connectivity index (χ0v) is 11.9. The largest absolute Gasteiger partial charge is 0.479 e. The van der Waals surface area contributed by atoms with Gasteiger partial charge in [-0.3, -0.25) is 0 Å². The van der Waals surface area contributed by atoms with Crippen molar-refractivity contribution in [1.29, 1.82) is 5.26 Å². The zero-order chi connectivity index (χ0) is 14.4. The van der Waals surface area contributed by atoms with Crippen molar-refractivity contribution in [3.63, 3.8) is 0 Å². The first-order valence-corrected chi connectivity index (χ1v) is 6.66. The number of anilines is 1. The fraction of sp³-hybridized carbons (Fsp3) is 0.188. The van der Waals surface area contributed by atoms with Gasteiger partial charge in [-0.1, -0.05) is 29.8 Å². The number of hydrogen-bond acceptors (Lipinski definition) is 3. The summed E-state index contributed by atoms with van der Waals surface area (Å²) in [5.74, 6) is 0.703. The van der Waals surface area contributed by atoms with Gasteiger partial charge in [0.2, 0.25) is 0 Å². The minimum absolute atomic E-state index is 0.0688. The summed E-state index contributed by atoms with van der Waals surface area (Å²) in [6.45, 7) is 2.77. The minimum atomic E-state index is 0.0688. The summed E-state index contributed by atoms with van der Waals surface area (Å²) in [7, 11) is 0. The summed E-state index contributed by atoms with van der Waals surface area (Å²) in [6, 6.07) is 15.4. The molecule has 0 bridgehead atoms. The van der Waals surface area contributed by atoms with Gasteiger partial charge in [0.15, 0.2) is 6.61 Å². The molecule has 102 valence electrons. The van der Waals surface area contributed by atoms with E-state index in [0.717, 1.165) is 21.8 Å². The first kappa shape index (κ1) is 14.2. The van der Waals surface area contributed by atoms with Crippen LogP contribution in [0.15, 0.2) is 42.5 Å². The normalized spacial score (nSPS) is 9.85. The van der Waals surface area contributed by atoms with Crippen LogP contribution in [0.25, 0.3) is 0 Å². The van der Waals surface area contributed by atoms with Crippen LogP contribution in [-0.4, -0.2) is 6.61 Å². The van der Waals surface area contributed by atoms with E-state index in [2.05, 4.69) is 5.32 Å². The Morgan fingerprint density at radius 1 is 1.20 bits per heavy atom. The van der Waals surface area contributed by atoms with Gasteiger partial charge in [-0.05, 0) is 42.3 Å². The second-order valence-electron chi connectivity index (χ2n) is 4.36. The molecule has 1 N–H and O–H groups in total. The van der Waals surface area contributed by atoms with E-state index < -0.39 is 0 Å². The van der Waals surface area contributed by atoms with Gasteiger partial charge in [0.1, 0.15) is 11.8 Å². The van der Waals surface area contributed by atoms with Gasteiger partial charge in [0.25, 0.3) is 0 Å². The SMILES string of the molecule is Cc1c(Cl)cccc1NCc1ccc(OCC#N)cc1. The van der Waals surface area contributed by atoms with E-state index in [-0.39, 0.29) is 6.61 Å². The van der Waals surface area contributed by atoms with Crippen LogP contribution in [0.3, 0.4) is 0 Å². The Bertz CT molecular complexity index is 617. The maximum Gasteiger partial charge on any atom is 0.174 e. The number of benzene rings is 2. The highest BCUT2D eigenvalue weighted by Crippen LogP contribution is 2.23. The Hall–Kier alpha value is -2.18. The van der Waals surface area contributed by atoms with Crippen molar-refractivity contribution in [3.8, 4) is 11.8 Å². The van der Waals surface area contributed by atoms with Crippen LogP contribution in [-0.2, 0) is 6.54 Å².